The molecule has 0 atom stereocenters. The van der Waals surface area contributed by atoms with Crippen LogP contribution in [0.5, 0.6) is 0 Å². The lowest BCUT2D eigenvalue weighted by Gasteiger charge is -2.25. The summed E-state index contributed by atoms with van der Waals surface area (Å²) in [6, 6.07) is 0. The molecule has 0 aliphatic rings. The van der Waals surface area contributed by atoms with Crippen molar-refractivity contribution in [3.63, 3.8) is 0 Å². The normalized spacial score (nSPS) is 13.5. The predicted octanol–water partition coefficient (Wildman–Crippen LogP) is 1.84. The largest absolute Gasteiger partial charge is 0.329 e. The minimum absolute atomic E-state index is 0.0378. The van der Waals surface area contributed by atoms with Crippen LogP contribution in [0.3, 0.4) is 0 Å². The Morgan fingerprint density at radius 1 is 1.00 bits per heavy atom. The summed E-state index contributed by atoms with van der Waals surface area (Å²) in [5, 5.41) is 0. The summed E-state index contributed by atoms with van der Waals surface area (Å²) in [6.07, 6.45) is 0. The van der Waals surface area contributed by atoms with Crippen LogP contribution >= 0.6 is 7.60 Å². The minimum atomic E-state index is -3.89. The zero-order chi connectivity index (χ0) is 9.23. The molecule has 0 aliphatic heterocycles. The van der Waals surface area contributed by atoms with Gasteiger partial charge in [0.2, 0.25) is 0 Å². The van der Waals surface area contributed by atoms with Crippen molar-refractivity contribution in [3.8, 4) is 0 Å². The smallest absolute Gasteiger partial charge is 0.324 e. The molecule has 0 aromatic heterocycles. The maximum absolute atomic E-state index is 10.9. The quantitative estimate of drug-likeness (QED) is 0.651. The van der Waals surface area contributed by atoms with Crippen LogP contribution in [0.2, 0.25) is 0 Å². The van der Waals surface area contributed by atoms with Gasteiger partial charge in [0.05, 0.1) is 5.66 Å². The summed E-state index contributed by atoms with van der Waals surface area (Å²) in [7, 11) is -3.89. The first kappa shape index (κ1) is 11.2. The highest BCUT2D eigenvalue weighted by Gasteiger charge is 2.33. The fourth-order valence-corrected chi connectivity index (χ4v) is 3.10. The van der Waals surface area contributed by atoms with Gasteiger partial charge in [0.25, 0.3) is 0 Å². The topological polar surface area (TPSA) is 57.5 Å². The summed E-state index contributed by atoms with van der Waals surface area (Å²) >= 11 is 0. The van der Waals surface area contributed by atoms with Crippen LogP contribution in [0.15, 0.2) is 0 Å². The van der Waals surface area contributed by atoms with Crippen molar-refractivity contribution < 1.29 is 14.4 Å². The summed E-state index contributed by atoms with van der Waals surface area (Å²) in [4.78, 5) is 17.9. The molecular weight excluding hydrogens is 163 g/mol. The monoisotopic (exact) mass is 180 g/mol. The van der Waals surface area contributed by atoms with Crippen molar-refractivity contribution in [2.75, 3.05) is 0 Å². The van der Waals surface area contributed by atoms with E-state index in [0.29, 0.717) is 0 Å². The maximum atomic E-state index is 10.9. The van der Waals surface area contributed by atoms with Crippen LogP contribution in [-0.4, -0.2) is 15.4 Å². The molecule has 2 N–H and O–H groups in total. The molecule has 0 radical (unpaired) electrons. The molecule has 0 bridgehead atoms. The molecule has 11 heavy (non-hydrogen) atoms. The first-order valence-electron chi connectivity index (χ1n) is 3.82. The van der Waals surface area contributed by atoms with Crippen molar-refractivity contribution in [3.05, 3.63) is 0 Å². The Morgan fingerprint density at radius 2 is 1.27 bits per heavy atom. The van der Waals surface area contributed by atoms with Gasteiger partial charge < -0.3 is 9.79 Å². The lowest BCUT2D eigenvalue weighted by atomic mass is 10.00. The SMILES string of the molecule is CC(C)C(C(C)C)P(=O)(O)O. The van der Waals surface area contributed by atoms with Gasteiger partial charge in [0.15, 0.2) is 0 Å². The molecule has 3 nitrogen and oxygen atoms in total. The van der Waals surface area contributed by atoms with E-state index in [2.05, 4.69) is 0 Å². The third-order valence-electron chi connectivity index (χ3n) is 1.75. The Bertz CT molecular complexity index is 151. The van der Waals surface area contributed by atoms with Crippen LogP contribution < -0.4 is 0 Å². The summed E-state index contributed by atoms with van der Waals surface area (Å²) in [6.45, 7) is 7.35. The highest BCUT2D eigenvalue weighted by atomic mass is 31.2. The Morgan fingerprint density at radius 3 is 1.27 bits per heavy atom. The van der Waals surface area contributed by atoms with E-state index < -0.39 is 13.3 Å². The minimum Gasteiger partial charge on any atom is -0.324 e. The van der Waals surface area contributed by atoms with E-state index in [1.54, 1.807) is 0 Å². The molecule has 0 fully saturated rings. The lowest BCUT2D eigenvalue weighted by Crippen LogP contribution is -2.22. The molecule has 0 aromatic carbocycles. The van der Waals surface area contributed by atoms with E-state index in [1.165, 1.54) is 0 Å². The van der Waals surface area contributed by atoms with E-state index in [-0.39, 0.29) is 11.8 Å². The molecule has 0 aromatic rings. The molecule has 0 spiro atoms. The molecule has 4 heteroatoms. The molecule has 0 amide bonds. The van der Waals surface area contributed by atoms with Gasteiger partial charge in [-0.2, -0.15) is 0 Å². The van der Waals surface area contributed by atoms with Crippen molar-refractivity contribution in [2.24, 2.45) is 11.8 Å². The van der Waals surface area contributed by atoms with Gasteiger partial charge in [-0.1, -0.05) is 27.7 Å². The van der Waals surface area contributed by atoms with Gasteiger partial charge in [-0.05, 0) is 11.8 Å². The zero-order valence-corrected chi connectivity index (χ0v) is 8.38. The van der Waals surface area contributed by atoms with Gasteiger partial charge in [-0.3, -0.25) is 4.57 Å². The van der Waals surface area contributed by atoms with Gasteiger partial charge in [0.1, 0.15) is 0 Å². The van der Waals surface area contributed by atoms with Gasteiger partial charge in [-0.15, -0.1) is 0 Å². The summed E-state index contributed by atoms with van der Waals surface area (Å²) in [5.74, 6) is 0.0756. The van der Waals surface area contributed by atoms with Crippen molar-refractivity contribution in [1.82, 2.24) is 0 Å². The zero-order valence-electron chi connectivity index (χ0n) is 7.48. The molecular formula is C7H17O3P. The number of hydrogen-bond acceptors (Lipinski definition) is 1. The van der Waals surface area contributed by atoms with E-state index in [0.717, 1.165) is 0 Å². The second-order valence-electron chi connectivity index (χ2n) is 3.57. The van der Waals surface area contributed by atoms with Gasteiger partial charge in [-0.25, -0.2) is 0 Å². The van der Waals surface area contributed by atoms with Crippen molar-refractivity contribution in [1.29, 1.82) is 0 Å². The fourth-order valence-electron chi connectivity index (χ4n) is 1.55. The maximum Gasteiger partial charge on any atom is 0.329 e. The molecule has 0 saturated carbocycles. The van der Waals surface area contributed by atoms with Crippen LogP contribution in [0.4, 0.5) is 0 Å². The van der Waals surface area contributed by atoms with Crippen molar-refractivity contribution >= 4 is 7.60 Å². The molecule has 0 unspecified atom stereocenters. The van der Waals surface area contributed by atoms with Crippen molar-refractivity contribution in [2.45, 2.75) is 33.4 Å². The van der Waals surface area contributed by atoms with E-state index in [4.69, 9.17) is 9.79 Å². The third-order valence-corrected chi connectivity index (χ3v) is 3.72. The Hall–Kier alpha value is 0.150. The number of hydrogen-bond donors (Lipinski definition) is 2. The average molecular weight is 180 g/mol. The summed E-state index contributed by atoms with van der Waals surface area (Å²) in [5.41, 5.74) is -0.498. The first-order valence-corrected chi connectivity index (χ1v) is 5.50. The second kappa shape index (κ2) is 3.70. The number of rotatable bonds is 3. The van der Waals surface area contributed by atoms with E-state index in [1.807, 2.05) is 27.7 Å². The second-order valence-corrected chi connectivity index (χ2v) is 5.34. The van der Waals surface area contributed by atoms with E-state index >= 15 is 0 Å². The molecule has 0 aliphatic carbocycles. The Labute approximate surface area is 68.0 Å². The van der Waals surface area contributed by atoms with E-state index in [9.17, 15) is 4.57 Å². The predicted molar refractivity (Wildman–Crippen MR) is 45.5 cm³/mol. The fraction of sp³-hybridized carbons (Fsp3) is 1.00. The van der Waals surface area contributed by atoms with Gasteiger partial charge >= 0.3 is 7.60 Å². The van der Waals surface area contributed by atoms with Gasteiger partial charge in [0, 0.05) is 0 Å². The molecule has 0 heterocycles. The van der Waals surface area contributed by atoms with Crippen LogP contribution in [-0.2, 0) is 4.57 Å². The molecule has 0 rings (SSSR count). The Balaban J connectivity index is 4.49. The third kappa shape index (κ3) is 3.37. The highest BCUT2D eigenvalue weighted by molar-refractivity contribution is 7.52. The molecule has 0 saturated heterocycles. The Kier molecular flexibility index (Phi) is 3.75. The molecule has 68 valence electrons. The summed E-state index contributed by atoms with van der Waals surface area (Å²) < 4.78 is 10.9. The standard InChI is InChI=1S/C7H17O3P/c1-5(2)7(6(3)4)11(8,9)10/h5-7H,1-4H3,(H2,8,9,10). The van der Waals surface area contributed by atoms with Crippen LogP contribution in [0.1, 0.15) is 27.7 Å². The lowest BCUT2D eigenvalue weighted by molar-refractivity contribution is 0.318. The van der Waals surface area contributed by atoms with Crippen LogP contribution in [0.25, 0.3) is 0 Å². The van der Waals surface area contributed by atoms with Crippen LogP contribution in [0, 0.1) is 11.8 Å². The average Bonchev–Trinajstić information content (AvgIpc) is 1.54. The highest BCUT2D eigenvalue weighted by Crippen LogP contribution is 2.48. The first-order chi connectivity index (χ1) is 4.76.